The molecule has 0 aliphatic heterocycles. The highest BCUT2D eigenvalue weighted by Gasteiger charge is 2.22. The van der Waals surface area contributed by atoms with Crippen LogP contribution in [0.15, 0.2) is 12.7 Å². The van der Waals surface area contributed by atoms with Gasteiger partial charge in [0, 0.05) is 12.2 Å². The molecule has 1 heterocycles. The molecular weight excluding hydrogens is 222 g/mol. The monoisotopic (exact) mass is 237 g/mol. The highest BCUT2D eigenvalue weighted by atomic mass is 16.4. The average Bonchev–Trinajstić information content (AvgIpc) is 2.56. The van der Waals surface area contributed by atoms with Gasteiger partial charge in [0.15, 0.2) is 0 Å². The Balaban J connectivity index is 2.99. The van der Waals surface area contributed by atoms with Gasteiger partial charge in [0.1, 0.15) is 6.54 Å². The number of hydrogen-bond acceptors (Lipinski definition) is 3. The molecular formula is C11H15N3O3. The number of aromatic amines is 1. The van der Waals surface area contributed by atoms with Crippen molar-refractivity contribution in [3.05, 3.63) is 29.6 Å². The van der Waals surface area contributed by atoms with Crippen LogP contribution >= 0.6 is 0 Å². The number of aryl methyl sites for hydroxylation is 2. The minimum Gasteiger partial charge on any atom is -0.480 e. The third-order valence-corrected chi connectivity index (χ3v) is 2.30. The molecule has 92 valence electrons. The van der Waals surface area contributed by atoms with Gasteiger partial charge in [0.05, 0.1) is 11.3 Å². The van der Waals surface area contributed by atoms with Gasteiger partial charge < -0.3 is 10.0 Å². The third kappa shape index (κ3) is 2.93. The standard InChI is InChI=1S/C11H15N3O3/c1-4-5-14(6-9(15)16)11(17)10-7(2)12-13-8(10)3/h4H,1,5-6H2,2-3H3,(H,12,13)(H,15,16). The fourth-order valence-corrected chi connectivity index (χ4v) is 1.56. The van der Waals surface area contributed by atoms with E-state index in [4.69, 9.17) is 5.11 Å². The number of nitrogens with one attached hydrogen (secondary N) is 1. The Hall–Kier alpha value is -2.11. The van der Waals surface area contributed by atoms with Crippen LogP contribution in [0, 0.1) is 13.8 Å². The number of nitrogens with zero attached hydrogens (tertiary/aromatic N) is 2. The Morgan fingerprint density at radius 1 is 1.53 bits per heavy atom. The summed E-state index contributed by atoms with van der Waals surface area (Å²) in [7, 11) is 0. The van der Waals surface area contributed by atoms with Crippen LogP contribution in [0.25, 0.3) is 0 Å². The largest absolute Gasteiger partial charge is 0.480 e. The molecule has 0 unspecified atom stereocenters. The van der Waals surface area contributed by atoms with E-state index in [9.17, 15) is 9.59 Å². The van der Waals surface area contributed by atoms with Gasteiger partial charge in [0.2, 0.25) is 0 Å². The molecule has 0 radical (unpaired) electrons. The number of aromatic nitrogens is 2. The van der Waals surface area contributed by atoms with Crippen LogP contribution in [-0.4, -0.2) is 45.2 Å². The SMILES string of the molecule is C=CCN(CC(=O)O)C(=O)c1c(C)n[nH]c1C. The van der Waals surface area contributed by atoms with E-state index in [2.05, 4.69) is 16.8 Å². The number of carbonyl (C=O) groups is 2. The first-order valence-electron chi connectivity index (χ1n) is 5.11. The molecule has 0 atom stereocenters. The maximum absolute atomic E-state index is 12.1. The molecule has 0 saturated carbocycles. The first-order chi connectivity index (χ1) is 7.97. The quantitative estimate of drug-likeness (QED) is 0.739. The van der Waals surface area contributed by atoms with Crippen molar-refractivity contribution in [1.29, 1.82) is 0 Å². The lowest BCUT2D eigenvalue weighted by Crippen LogP contribution is -2.36. The Morgan fingerprint density at radius 3 is 2.59 bits per heavy atom. The van der Waals surface area contributed by atoms with Crippen LogP contribution in [0.1, 0.15) is 21.7 Å². The highest BCUT2D eigenvalue weighted by molar-refractivity contribution is 5.97. The fraction of sp³-hybridized carbons (Fsp3) is 0.364. The second-order valence-corrected chi connectivity index (χ2v) is 3.68. The third-order valence-electron chi connectivity index (χ3n) is 2.30. The summed E-state index contributed by atoms with van der Waals surface area (Å²) in [4.78, 5) is 24.0. The van der Waals surface area contributed by atoms with Crippen LogP contribution in [-0.2, 0) is 4.79 Å². The Kier molecular flexibility index (Phi) is 4.03. The van der Waals surface area contributed by atoms with Crippen molar-refractivity contribution in [2.24, 2.45) is 0 Å². The van der Waals surface area contributed by atoms with Gasteiger partial charge in [0.25, 0.3) is 5.91 Å². The van der Waals surface area contributed by atoms with Crippen molar-refractivity contribution in [3.8, 4) is 0 Å². The lowest BCUT2D eigenvalue weighted by atomic mass is 10.1. The van der Waals surface area contributed by atoms with Crippen molar-refractivity contribution in [2.75, 3.05) is 13.1 Å². The first-order valence-corrected chi connectivity index (χ1v) is 5.11. The van der Waals surface area contributed by atoms with Crippen molar-refractivity contribution >= 4 is 11.9 Å². The van der Waals surface area contributed by atoms with Crippen molar-refractivity contribution in [1.82, 2.24) is 15.1 Å². The molecule has 0 spiro atoms. The summed E-state index contributed by atoms with van der Waals surface area (Å²) < 4.78 is 0. The first kappa shape index (κ1) is 13.0. The zero-order chi connectivity index (χ0) is 13.0. The summed E-state index contributed by atoms with van der Waals surface area (Å²) in [5, 5.41) is 15.4. The molecule has 1 rings (SSSR count). The van der Waals surface area contributed by atoms with E-state index in [1.165, 1.54) is 11.0 Å². The predicted octanol–water partition coefficient (Wildman–Crippen LogP) is 0.739. The van der Waals surface area contributed by atoms with Gasteiger partial charge >= 0.3 is 5.97 Å². The molecule has 1 amide bonds. The summed E-state index contributed by atoms with van der Waals surface area (Å²) in [6.07, 6.45) is 1.49. The molecule has 0 saturated heterocycles. The zero-order valence-corrected chi connectivity index (χ0v) is 9.86. The van der Waals surface area contributed by atoms with Crippen molar-refractivity contribution in [2.45, 2.75) is 13.8 Å². The number of amides is 1. The van der Waals surface area contributed by atoms with E-state index in [0.29, 0.717) is 17.0 Å². The number of H-pyrrole nitrogens is 1. The zero-order valence-electron chi connectivity index (χ0n) is 9.86. The van der Waals surface area contributed by atoms with Crippen LogP contribution in [0.3, 0.4) is 0 Å². The van der Waals surface area contributed by atoms with Crippen LogP contribution in [0.4, 0.5) is 0 Å². The smallest absolute Gasteiger partial charge is 0.323 e. The summed E-state index contributed by atoms with van der Waals surface area (Å²) in [6, 6.07) is 0. The molecule has 0 fully saturated rings. The lowest BCUT2D eigenvalue weighted by molar-refractivity contribution is -0.137. The molecule has 6 nitrogen and oxygen atoms in total. The van der Waals surface area contributed by atoms with Gasteiger partial charge in [-0.05, 0) is 13.8 Å². The molecule has 1 aromatic heterocycles. The predicted molar refractivity (Wildman–Crippen MR) is 61.8 cm³/mol. The second-order valence-electron chi connectivity index (χ2n) is 3.68. The van der Waals surface area contributed by atoms with Crippen molar-refractivity contribution < 1.29 is 14.7 Å². The summed E-state index contributed by atoms with van der Waals surface area (Å²) in [5.41, 5.74) is 1.62. The molecule has 17 heavy (non-hydrogen) atoms. The van der Waals surface area contributed by atoms with Gasteiger partial charge in [-0.25, -0.2) is 0 Å². The summed E-state index contributed by atoms with van der Waals surface area (Å²) in [5.74, 6) is -1.41. The molecule has 0 aliphatic carbocycles. The van der Waals surface area contributed by atoms with Crippen LogP contribution in [0.5, 0.6) is 0 Å². The number of hydrogen-bond donors (Lipinski definition) is 2. The van der Waals surface area contributed by atoms with Crippen LogP contribution in [0.2, 0.25) is 0 Å². The van der Waals surface area contributed by atoms with Gasteiger partial charge in [-0.3, -0.25) is 14.7 Å². The van der Waals surface area contributed by atoms with Crippen molar-refractivity contribution in [3.63, 3.8) is 0 Å². The highest BCUT2D eigenvalue weighted by Crippen LogP contribution is 2.12. The maximum atomic E-state index is 12.1. The Bertz CT molecular complexity index is 431. The van der Waals surface area contributed by atoms with E-state index in [1.54, 1.807) is 13.8 Å². The molecule has 2 N–H and O–H groups in total. The van der Waals surface area contributed by atoms with Gasteiger partial charge in [-0.2, -0.15) is 5.10 Å². The summed E-state index contributed by atoms with van der Waals surface area (Å²) in [6.45, 7) is 6.76. The number of carbonyl (C=O) groups excluding carboxylic acids is 1. The number of carboxylic acid groups (broad SMARTS) is 1. The van der Waals surface area contributed by atoms with E-state index < -0.39 is 5.97 Å². The van der Waals surface area contributed by atoms with E-state index in [-0.39, 0.29) is 19.0 Å². The summed E-state index contributed by atoms with van der Waals surface area (Å²) >= 11 is 0. The number of rotatable bonds is 5. The fourth-order valence-electron chi connectivity index (χ4n) is 1.56. The maximum Gasteiger partial charge on any atom is 0.323 e. The molecule has 6 heteroatoms. The number of aliphatic carboxylic acids is 1. The normalized spacial score (nSPS) is 10.0. The molecule has 1 aromatic rings. The Morgan fingerprint density at radius 2 is 2.18 bits per heavy atom. The van der Waals surface area contributed by atoms with E-state index >= 15 is 0 Å². The lowest BCUT2D eigenvalue weighted by Gasteiger charge is -2.18. The molecule has 0 aliphatic rings. The van der Waals surface area contributed by atoms with E-state index in [0.717, 1.165) is 0 Å². The van der Waals surface area contributed by atoms with Gasteiger partial charge in [-0.15, -0.1) is 6.58 Å². The van der Waals surface area contributed by atoms with Gasteiger partial charge in [-0.1, -0.05) is 6.08 Å². The molecule has 0 aromatic carbocycles. The topological polar surface area (TPSA) is 86.3 Å². The van der Waals surface area contributed by atoms with Crippen LogP contribution < -0.4 is 0 Å². The Labute approximate surface area is 98.9 Å². The minimum atomic E-state index is -1.06. The minimum absolute atomic E-state index is 0.190. The van der Waals surface area contributed by atoms with E-state index in [1.807, 2.05) is 0 Å². The second kappa shape index (κ2) is 5.29. The average molecular weight is 237 g/mol. The number of carboxylic acids is 1. The molecule has 0 bridgehead atoms.